The normalized spacial score (nSPS) is 18.1. The van der Waals surface area contributed by atoms with Crippen molar-refractivity contribution in [2.75, 3.05) is 6.54 Å². The van der Waals surface area contributed by atoms with Gasteiger partial charge >= 0.3 is 0 Å². The molecule has 2 amide bonds. The van der Waals surface area contributed by atoms with Crippen LogP contribution in [0.1, 0.15) is 31.9 Å². The lowest BCUT2D eigenvalue weighted by Crippen LogP contribution is -2.29. The van der Waals surface area contributed by atoms with Crippen molar-refractivity contribution in [3.05, 3.63) is 29.1 Å². The highest BCUT2D eigenvalue weighted by atomic mass is 32.2. The number of furan rings is 1. The number of thioether (sulfide) groups is 1. The van der Waals surface area contributed by atoms with Gasteiger partial charge in [-0.25, -0.2) is 0 Å². The molecule has 0 aliphatic carbocycles. The van der Waals surface area contributed by atoms with E-state index in [0.717, 1.165) is 31.0 Å². The molecular weight excluding hydrogens is 250 g/mol. The first kappa shape index (κ1) is 13.0. The van der Waals surface area contributed by atoms with Gasteiger partial charge in [0, 0.05) is 12.6 Å². The Hall–Kier alpha value is -1.49. The molecule has 1 aliphatic heterocycles. The van der Waals surface area contributed by atoms with E-state index in [1.165, 1.54) is 11.2 Å². The number of unbranched alkanes of at least 4 members (excludes halogenated alkanes) is 2. The van der Waals surface area contributed by atoms with Crippen molar-refractivity contribution < 1.29 is 14.0 Å². The van der Waals surface area contributed by atoms with Gasteiger partial charge in [0.25, 0.3) is 11.1 Å². The number of amides is 2. The lowest BCUT2D eigenvalue weighted by Gasteiger charge is -2.11. The van der Waals surface area contributed by atoms with Gasteiger partial charge in [-0.15, -0.1) is 0 Å². The van der Waals surface area contributed by atoms with E-state index >= 15 is 0 Å². The summed E-state index contributed by atoms with van der Waals surface area (Å²) < 4.78 is 5.14. The highest BCUT2D eigenvalue weighted by Crippen LogP contribution is 2.32. The highest BCUT2D eigenvalue weighted by Gasteiger charge is 2.34. The minimum Gasteiger partial charge on any atom is -0.465 e. The Morgan fingerprint density at radius 1 is 1.39 bits per heavy atom. The topological polar surface area (TPSA) is 50.5 Å². The van der Waals surface area contributed by atoms with Crippen LogP contribution in [-0.2, 0) is 4.79 Å². The van der Waals surface area contributed by atoms with Crippen molar-refractivity contribution in [2.24, 2.45) is 0 Å². The predicted octanol–water partition coefficient (Wildman–Crippen LogP) is 3.51. The van der Waals surface area contributed by atoms with Crippen molar-refractivity contribution in [3.8, 4) is 0 Å². The minimum atomic E-state index is -0.211. The molecule has 0 saturated carbocycles. The van der Waals surface area contributed by atoms with Crippen LogP contribution >= 0.6 is 11.8 Å². The molecule has 4 nitrogen and oxygen atoms in total. The van der Waals surface area contributed by atoms with Crippen molar-refractivity contribution in [2.45, 2.75) is 26.2 Å². The third-order valence-corrected chi connectivity index (χ3v) is 3.58. The fourth-order valence-electron chi connectivity index (χ4n) is 1.72. The van der Waals surface area contributed by atoms with E-state index in [1.807, 2.05) is 0 Å². The summed E-state index contributed by atoms with van der Waals surface area (Å²) in [6, 6.07) is 3.50. The van der Waals surface area contributed by atoms with Crippen LogP contribution in [0.15, 0.2) is 27.7 Å². The molecule has 0 atom stereocenters. The fraction of sp³-hybridized carbons (Fsp3) is 0.385. The van der Waals surface area contributed by atoms with E-state index in [2.05, 4.69) is 6.92 Å². The van der Waals surface area contributed by atoms with Crippen LogP contribution < -0.4 is 0 Å². The average molecular weight is 265 g/mol. The van der Waals surface area contributed by atoms with Crippen LogP contribution in [0.2, 0.25) is 0 Å². The average Bonchev–Trinajstić information content (AvgIpc) is 2.93. The molecule has 0 aromatic carbocycles. The van der Waals surface area contributed by atoms with Gasteiger partial charge < -0.3 is 4.42 Å². The van der Waals surface area contributed by atoms with Crippen molar-refractivity contribution >= 4 is 29.0 Å². The van der Waals surface area contributed by atoms with Crippen LogP contribution in [0.4, 0.5) is 4.79 Å². The van der Waals surface area contributed by atoms with Gasteiger partial charge in [0.05, 0.1) is 11.2 Å². The number of nitrogens with zero attached hydrogens (tertiary/aromatic N) is 1. The first-order chi connectivity index (χ1) is 8.72. The molecule has 96 valence electrons. The zero-order chi connectivity index (χ0) is 13.0. The maximum atomic E-state index is 12.0. The highest BCUT2D eigenvalue weighted by molar-refractivity contribution is 8.18. The van der Waals surface area contributed by atoms with Gasteiger partial charge in [-0.2, -0.15) is 0 Å². The van der Waals surface area contributed by atoms with Crippen LogP contribution in [0.3, 0.4) is 0 Å². The maximum Gasteiger partial charge on any atom is 0.293 e. The van der Waals surface area contributed by atoms with Gasteiger partial charge in [0.1, 0.15) is 5.76 Å². The molecule has 18 heavy (non-hydrogen) atoms. The summed E-state index contributed by atoms with van der Waals surface area (Å²) >= 11 is 0.977. The molecule has 0 radical (unpaired) electrons. The Balaban J connectivity index is 2.04. The Morgan fingerprint density at radius 2 is 2.22 bits per heavy atom. The second kappa shape index (κ2) is 5.91. The number of carbonyl (C=O) groups is 2. The van der Waals surface area contributed by atoms with Crippen LogP contribution in [0.5, 0.6) is 0 Å². The minimum absolute atomic E-state index is 0.186. The molecule has 1 aliphatic rings. The lowest BCUT2D eigenvalue weighted by molar-refractivity contribution is -0.122. The zero-order valence-electron chi connectivity index (χ0n) is 10.2. The van der Waals surface area contributed by atoms with Crippen LogP contribution in [-0.4, -0.2) is 22.6 Å². The van der Waals surface area contributed by atoms with Gasteiger partial charge in [-0.05, 0) is 30.3 Å². The summed E-state index contributed by atoms with van der Waals surface area (Å²) in [7, 11) is 0. The Kier molecular flexibility index (Phi) is 4.25. The summed E-state index contributed by atoms with van der Waals surface area (Å²) in [6.07, 6.45) is 6.11. The quantitative estimate of drug-likeness (QED) is 0.604. The summed E-state index contributed by atoms with van der Waals surface area (Å²) in [5.41, 5.74) is 0. The van der Waals surface area contributed by atoms with Crippen molar-refractivity contribution in [3.63, 3.8) is 0 Å². The second-order valence-electron chi connectivity index (χ2n) is 4.06. The molecule has 2 heterocycles. The molecule has 1 fully saturated rings. The third-order valence-electron chi connectivity index (χ3n) is 2.68. The van der Waals surface area contributed by atoms with Gasteiger partial charge in [-0.3, -0.25) is 14.5 Å². The summed E-state index contributed by atoms with van der Waals surface area (Å²) in [4.78, 5) is 25.5. The summed E-state index contributed by atoms with van der Waals surface area (Å²) in [5, 5.41) is -0.186. The van der Waals surface area contributed by atoms with Gasteiger partial charge in [0.2, 0.25) is 0 Å². The molecule has 0 unspecified atom stereocenters. The molecule has 2 rings (SSSR count). The van der Waals surface area contributed by atoms with Crippen molar-refractivity contribution in [1.82, 2.24) is 4.90 Å². The molecule has 5 heteroatoms. The van der Waals surface area contributed by atoms with E-state index in [4.69, 9.17) is 4.42 Å². The van der Waals surface area contributed by atoms with E-state index in [-0.39, 0.29) is 11.1 Å². The van der Waals surface area contributed by atoms with Gasteiger partial charge in [-0.1, -0.05) is 19.8 Å². The largest absolute Gasteiger partial charge is 0.465 e. The molecule has 1 aromatic rings. The number of rotatable bonds is 5. The lowest BCUT2D eigenvalue weighted by atomic mass is 10.2. The number of carbonyl (C=O) groups excluding carboxylic acids is 2. The Labute approximate surface area is 110 Å². The van der Waals surface area contributed by atoms with Crippen LogP contribution in [0.25, 0.3) is 6.08 Å². The number of hydrogen-bond donors (Lipinski definition) is 0. The first-order valence-corrected chi connectivity index (χ1v) is 6.83. The molecule has 1 saturated heterocycles. The van der Waals surface area contributed by atoms with E-state index in [9.17, 15) is 9.59 Å². The Morgan fingerprint density at radius 3 is 2.89 bits per heavy atom. The predicted molar refractivity (Wildman–Crippen MR) is 70.9 cm³/mol. The zero-order valence-corrected chi connectivity index (χ0v) is 11.0. The van der Waals surface area contributed by atoms with E-state index in [1.54, 1.807) is 18.2 Å². The monoisotopic (exact) mass is 265 g/mol. The SMILES string of the molecule is CCCCCN1C(=O)S/C(=C\c2ccco2)C1=O. The maximum absolute atomic E-state index is 12.0. The standard InChI is InChI=1S/C13H15NO3S/c1-2-3-4-7-14-12(15)11(18-13(14)16)9-10-6-5-8-17-10/h5-6,8-9H,2-4,7H2,1H3/b11-9-. The molecular formula is C13H15NO3S. The van der Waals surface area contributed by atoms with Crippen LogP contribution in [0, 0.1) is 0 Å². The fourth-order valence-corrected chi connectivity index (χ4v) is 2.56. The molecule has 1 aromatic heterocycles. The molecule has 0 spiro atoms. The summed E-state index contributed by atoms with van der Waals surface area (Å²) in [5.74, 6) is 0.381. The van der Waals surface area contributed by atoms with Gasteiger partial charge in [0.15, 0.2) is 0 Å². The third kappa shape index (κ3) is 2.85. The first-order valence-electron chi connectivity index (χ1n) is 6.01. The molecule has 0 bridgehead atoms. The van der Waals surface area contributed by atoms with E-state index in [0.29, 0.717) is 17.2 Å². The molecule has 0 N–H and O–H groups in total. The second-order valence-corrected chi connectivity index (χ2v) is 5.05. The summed E-state index contributed by atoms with van der Waals surface area (Å²) in [6.45, 7) is 2.60. The number of imide groups is 1. The smallest absolute Gasteiger partial charge is 0.293 e. The Bertz CT molecular complexity index is 465. The van der Waals surface area contributed by atoms with E-state index < -0.39 is 0 Å². The van der Waals surface area contributed by atoms with Crippen molar-refractivity contribution in [1.29, 1.82) is 0 Å². The number of hydrogen-bond acceptors (Lipinski definition) is 4.